The number of hydrogen-bond donors (Lipinski definition) is 0. The smallest absolute Gasteiger partial charge is 0.246 e. The van der Waals surface area contributed by atoms with Crippen molar-refractivity contribution in [3.05, 3.63) is 88.6 Å². The summed E-state index contributed by atoms with van der Waals surface area (Å²) in [7, 11) is 0. The van der Waals surface area contributed by atoms with Gasteiger partial charge in [0.15, 0.2) is 0 Å². The van der Waals surface area contributed by atoms with Gasteiger partial charge in [-0.2, -0.15) is 5.26 Å². The van der Waals surface area contributed by atoms with Crippen molar-refractivity contribution in [2.75, 3.05) is 26.2 Å². The van der Waals surface area contributed by atoms with Gasteiger partial charge in [-0.05, 0) is 61.4 Å². The average Bonchev–Trinajstić information content (AvgIpc) is 3.42. The lowest BCUT2D eigenvalue weighted by Gasteiger charge is -2.34. The van der Waals surface area contributed by atoms with Gasteiger partial charge in [0.1, 0.15) is 5.76 Å². The van der Waals surface area contributed by atoms with Crippen LogP contribution in [-0.4, -0.2) is 46.5 Å². The van der Waals surface area contributed by atoms with Crippen molar-refractivity contribution in [3.63, 3.8) is 0 Å². The normalized spacial score (nSPS) is 14.7. The van der Waals surface area contributed by atoms with E-state index >= 15 is 0 Å². The molecule has 6 nitrogen and oxygen atoms in total. The SMILES string of the molecule is Cc1cc(C=CC(=O)N2CCN(Cc3ccc(C#N)cc3)CC2)c(C)n1Cc1ccco1. The van der Waals surface area contributed by atoms with E-state index in [1.54, 1.807) is 12.3 Å². The fourth-order valence-electron chi connectivity index (χ4n) is 4.13. The highest BCUT2D eigenvalue weighted by Gasteiger charge is 2.20. The molecule has 6 heteroatoms. The van der Waals surface area contributed by atoms with E-state index in [9.17, 15) is 4.79 Å². The predicted octanol–water partition coefficient (Wildman–Crippen LogP) is 3.98. The topological polar surface area (TPSA) is 65.4 Å². The molecule has 1 fully saturated rings. The number of aromatic nitrogens is 1. The van der Waals surface area contributed by atoms with E-state index in [1.165, 1.54) is 5.56 Å². The second kappa shape index (κ2) is 9.71. The zero-order valence-electron chi connectivity index (χ0n) is 18.6. The number of nitriles is 1. The standard InChI is InChI=1S/C26H28N4O2/c1-20-16-24(21(2)30(20)19-25-4-3-15-32-25)9-10-26(31)29-13-11-28(12-14-29)18-23-7-5-22(17-27)6-8-23/h3-10,15-16H,11-14,18-19H2,1-2H3. The van der Waals surface area contributed by atoms with Crippen molar-refractivity contribution in [2.24, 2.45) is 0 Å². The quantitative estimate of drug-likeness (QED) is 0.557. The first kappa shape index (κ1) is 21.7. The molecule has 0 bridgehead atoms. The molecule has 0 N–H and O–H groups in total. The molecular formula is C26H28N4O2. The number of nitrogens with zero attached hydrogens (tertiary/aromatic N) is 4. The van der Waals surface area contributed by atoms with Crippen molar-refractivity contribution in [3.8, 4) is 6.07 Å². The average molecular weight is 429 g/mol. The zero-order chi connectivity index (χ0) is 22.5. The van der Waals surface area contributed by atoms with Crippen LogP contribution in [0.4, 0.5) is 0 Å². The van der Waals surface area contributed by atoms with Gasteiger partial charge < -0.3 is 13.9 Å². The second-order valence-corrected chi connectivity index (χ2v) is 8.24. The van der Waals surface area contributed by atoms with E-state index in [0.717, 1.165) is 55.4 Å². The van der Waals surface area contributed by atoms with Gasteiger partial charge in [-0.3, -0.25) is 9.69 Å². The minimum Gasteiger partial charge on any atom is -0.467 e. The molecule has 1 amide bonds. The third-order valence-corrected chi connectivity index (χ3v) is 6.09. The van der Waals surface area contributed by atoms with Crippen molar-refractivity contribution < 1.29 is 9.21 Å². The summed E-state index contributed by atoms with van der Waals surface area (Å²) < 4.78 is 7.67. The summed E-state index contributed by atoms with van der Waals surface area (Å²) in [5.41, 5.74) is 5.19. The fraction of sp³-hybridized carbons (Fsp3) is 0.308. The lowest BCUT2D eigenvalue weighted by atomic mass is 10.1. The Balaban J connectivity index is 1.31. The van der Waals surface area contributed by atoms with Crippen LogP contribution < -0.4 is 0 Å². The molecule has 0 spiro atoms. The maximum atomic E-state index is 12.7. The van der Waals surface area contributed by atoms with Crippen molar-refractivity contribution in [1.82, 2.24) is 14.4 Å². The van der Waals surface area contributed by atoms with Gasteiger partial charge in [-0.25, -0.2) is 0 Å². The number of carbonyl (C=O) groups excluding carboxylic acids is 1. The lowest BCUT2D eigenvalue weighted by molar-refractivity contribution is -0.127. The molecule has 0 radical (unpaired) electrons. The van der Waals surface area contributed by atoms with E-state index < -0.39 is 0 Å². The van der Waals surface area contributed by atoms with E-state index in [0.29, 0.717) is 12.1 Å². The molecule has 1 aliphatic rings. The molecule has 4 rings (SSSR count). The van der Waals surface area contributed by atoms with Crippen LogP contribution in [0.3, 0.4) is 0 Å². The third kappa shape index (κ3) is 5.01. The van der Waals surface area contributed by atoms with Gasteiger partial charge in [0.05, 0.1) is 24.4 Å². The monoisotopic (exact) mass is 428 g/mol. The van der Waals surface area contributed by atoms with E-state index in [-0.39, 0.29) is 5.91 Å². The molecule has 0 atom stereocenters. The van der Waals surface area contributed by atoms with Crippen LogP contribution in [-0.2, 0) is 17.9 Å². The Morgan fingerprint density at radius 1 is 1.09 bits per heavy atom. The highest BCUT2D eigenvalue weighted by molar-refractivity contribution is 5.92. The number of piperazine rings is 1. The number of rotatable bonds is 6. The molecule has 32 heavy (non-hydrogen) atoms. The first-order valence-corrected chi connectivity index (χ1v) is 10.9. The first-order chi connectivity index (χ1) is 15.5. The van der Waals surface area contributed by atoms with Crippen LogP contribution in [0.15, 0.2) is 59.2 Å². The third-order valence-electron chi connectivity index (χ3n) is 6.09. The summed E-state index contributed by atoms with van der Waals surface area (Å²) in [6.07, 6.45) is 5.30. The number of furan rings is 1. The molecular weight excluding hydrogens is 400 g/mol. The summed E-state index contributed by atoms with van der Waals surface area (Å²) >= 11 is 0. The summed E-state index contributed by atoms with van der Waals surface area (Å²) in [5.74, 6) is 0.969. The van der Waals surface area contributed by atoms with Crippen molar-refractivity contribution in [2.45, 2.75) is 26.9 Å². The van der Waals surface area contributed by atoms with E-state index in [2.05, 4.69) is 35.5 Å². The molecule has 1 aliphatic heterocycles. The minimum absolute atomic E-state index is 0.0545. The molecule has 3 heterocycles. The van der Waals surface area contributed by atoms with Crippen LogP contribution in [0.5, 0.6) is 0 Å². The van der Waals surface area contributed by atoms with Crippen LogP contribution in [0.25, 0.3) is 6.08 Å². The maximum Gasteiger partial charge on any atom is 0.246 e. The molecule has 0 unspecified atom stereocenters. The Labute approximate surface area is 189 Å². The van der Waals surface area contributed by atoms with Gasteiger partial charge in [-0.1, -0.05) is 12.1 Å². The Bertz CT molecular complexity index is 1130. The molecule has 2 aromatic heterocycles. The van der Waals surface area contributed by atoms with Crippen molar-refractivity contribution in [1.29, 1.82) is 5.26 Å². The van der Waals surface area contributed by atoms with Gasteiger partial charge in [0.2, 0.25) is 5.91 Å². The Kier molecular flexibility index (Phi) is 6.58. The highest BCUT2D eigenvalue weighted by atomic mass is 16.3. The molecule has 1 aromatic carbocycles. The summed E-state index contributed by atoms with van der Waals surface area (Å²) in [6.45, 7) is 8.80. The van der Waals surface area contributed by atoms with Crippen LogP contribution in [0.1, 0.15) is 33.8 Å². The largest absolute Gasteiger partial charge is 0.467 e. The van der Waals surface area contributed by atoms with Gasteiger partial charge in [-0.15, -0.1) is 0 Å². The van der Waals surface area contributed by atoms with Gasteiger partial charge in [0, 0.05) is 50.2 Å². The highest BCUT2D eigenvalue weighted by Crippen LogP contribution is 2.19. The second-order valence-electron chi connectivity index (χ2n) is 8.24. The van der Waals surface area contributed by atoms with E-state index in [1.807, 2.05) is 47.4 Å². The Morgan fingerprint density at radius 2 is 1.84 bits per heavy atom. The maximum absolute atomic E-state index is 12.7. The van der Waals surface area contributed by atoms with Crippen LogP contribution in [0, 0.1) is 25.2 Å². The first-order valence-electron chi connectivity index (χ1n) is 10.9. The molecule has 0 saturated carbocycles. The number of carbonyl (C=O) groups is 1. The molecule has 1 saturated heterocycles. The zero-order valence-corrected chi connectivity index (χ0v) is 18.6. The predicted molar refractivity (Wildman–Crippen MR) is 124 cm³/mol. The van der Waals surface area contributed by atoms with Crippen molar-refractivity contribution >= 4 is 12.0 Å². The van der Waals surface area contributed by atoms with Gasteiger partial charge in [0.25, 0.3) is 0 Å². The Morgan fingerprint density at radius 3 is 2.50 bits per heavy atom. The molecule has 0 aliphatic carbocycles. The summed E-state index contributed by atoms with van der Waals surface area (Å²) in [5, 5.41) is 8.92. The summed E-state index contributed by atoms with van der Waals surface area (Å²) in [6, 6.07) is 15.8. The number of benzene rings is 1. The fourth-order valence-corrected chi connectivity index (χ4v) is 4.13. The van der Waals surface area contributed by atoms with Gasteiger partial charge >= 0.3 is 0 Å². The number of hydrogen-bond acceptors (Lipinski definition) is 4. The Hall–Kier alpha value is -3.56. The van der Waals surface area contributed by atoms with E-state index in [4.69, 9.17) is 9.68 Å². The molecule has 164 valence electrons. The molecule has 3 aromatic rings. The number of amides is 1. The lowest BCUT2D eigenvalue weighted by Crippen LogP contribution is -2.47. The minimum atomic E-state index is 0.0545. The van der Waals surface area contributed by atoms with Crippen LogP contribution >= 0.6 is 0 Å². The van der Waals surface area contributed by atoms with Crippen LogP contribution in [0.2, 0.25) is 0 Å². The summed E-state index contributed by atoms with van der Waals surface area (Å²) in [4.78, 5) is 17.0. The number of aryl methyl sites for hydroxylation is 1.